The van der Waals surface area contributed by atoms with Gasteiger partial charge >= 0.3 is 5.97 Å². The van der Waals surface area contributed by atoms with Gasteiger partial charge in [-0.05, 0) is 17.9 Å². The second-order valence-electron chi connectivity index (χ2n) is 4.08. The molecule has 2 rings (SSSR count). The molecular weight excluding hydrogens is 230 g/mol. The lowest BCUT2D eigenvalue weighted by molar-refractivity contribution is -0.136. The van der Waals surface area contributed by atoms with E-state index in [0.29, 0.717) is 12.1 Å². The second kappa shape index (κ2) is 4.87. The quantitative estimate of drug-likeness (QED) is 0.837. The van der Waals surface area contributed by atoms with Gasteiger partial charge in [-0.1, -0.05) is 36.4 Å². The van der Waals surface area contributed by atoms with Crippen LogP contribution in [0, 0.1) is 6.92 Å². The smallest absolute Gasteiger partial charge is 0.323 e. The Kier molecular flexibility index (Phi) is 3.28. The first-order valence-electron chi connectivity index (χ1n) is 5.55. The second-order valence-corrected chi connectivity index (χ2v) is 4.08. The number of nitrogens with zero attached hydrogens (tertiary/aromatic N) is 1. The molecule has 0 radical (unpaired) electrons. The summed E-state index contributed by atoms with van der Waals surface area (Å²) in [6.45, 7) is 1.53. The van der Waals surface area contributed by atoms with Crippen LogP contribution in [-0.2, 0) is 9.59 Å². The summed E-state index contributed by atoms with van der Waals surface area (Å²) >= 11 is 0. The molecule has 0 spiro atoms. The molecule has 0 saturated carbocycles. The van der Waals surface area contributed by atoms with Crippen LogP contribution in [0.1, 0.15) is 5.56 Å². The van der Waals surface area contributed by atoms with Crippen molar-refractivity contribution in [1.29, 1.82) is 0 Å². The molecule has 2 aromatic rings. The van der Waals surface area contributed by atoms with Crippen molar-refractivity contribution in [3.8, 4) is 0 Å². The monoisotopic (exact) mass is 243 g/mol. The van der Waals surface area contributed by atoms with Crippen LogP contribution < -0.4 is 4.90 Å². The standard InChI is InChI=1S/C14H13NO3/c1-10-6-7-11-4-2-3-5-12(11)14(10)15(9-16)8-13(17)18/h2-7,9H,8H2,1H3,(H,17,18). The van der Waals surface area contributed by atoms with Crippen LogP contribution in [0.2, 0.25) is 0 Å². The predicted molar refractivity (Wildman–Crippen MR) is 69.7 cm³/mol. The van der Waals surface area contributed by atoms with Crippen LogP contribution >= 0.6 is 0 Å². The van der Waals surface area contributed by atoms with E-state index in [9.17, 15) is 9.59 Å². The number of carboxylic acids is 1. The van der Waals surface area contributed by atoms with E-state index in [1.165, 1.54) is 4.90 Å². The van der Waals surface area contributed by atoms with Crippen LogP contribution in [0.15, 0.2) is 36.4 Å². The summed E-state index contributed by atoms with van der Waals surface area (Å²) in [6.07, 6.45) is 0.558. The van der Waals surface area contributed by atoms with E-state index in [2.05, 4.69) is 0 Å². The highest BCUT2D eigenvalue weighted by atomic mass is 16.4. The van der Waals surface area contributed by atoms with Crippen LogP contribution in [-0.4, -0.2) is 24.0 Å². The third-order valence-corrected chi connectivity index (χ3v) is 2.82. The number of benzene rings is 2. The summed E-state index contributed by atoms with van der Waals surface area (Å²) < 4.78 is 0. The fraction of sp³-hybridized carbons (Fsp3) is 0.143. The average Bonchev–Trinajstić information content (AvgIpc) is 2.36. The number of carboxylic acid groups (broad SMARTS) is 1. The van der Waals surface area contributed by atoms with Crippen LogP contribution in [0.3, 0.4) is 0 Å². The van der Waals surface area contributed by atoms with E-state index in [0.717, 1.165) is 16.3 Å². The molecule has 1 N–H and O–H groups in total. The van der Waals surface area contributed by atoms with E-state index < -0.39 is 5.97 Å². The number of rotatable bonds is 4. The first-order valence-corrected chi connectivity index (χ1v) is 5.55. The van der Waals surface area contributed by atoms with Gasteiger partial charge in [0.1, 0.15) is 6.54 Å². The molecule has 2 aromatic carbocycles. The van der Waals surface area contributed by atoms with Gasteiger partial charge in [-0.2, -0.15) is 0 Å². The van der Waals surface area contributed by atoms with Crippen molar-refractivity contribution in [1.82, 2.24) is 0 Å². The Labute approximate surface area is 104 Å². The maximum absolute atomic E-state index is 11.1. The van der Waals surface area contributed by atoms with Crippen LogP contribution in [0.5, 0.6) is 0 Å². The zero-order chi connectivity index (χ0) is 13.1. The molecule has 0 bridgehead atoms. The maximum Gasteiger partial charge on any atom is 0.323 e. The number of aliphatic carboxylic acids is 1. The summed E-state index contributed by atoms with van der Waals surface area (Å²) in [5.74, 6) is -1.03. The first kappa shape index (κ1) is 12.1. The van der Waals surface area contributed by atoms with Crippen molar-refractivity contribution < 1.29 is 14.7 Å². The highest BCUT2D eigenvalue weighted by Gasteiger charge is 2.14. The molecule has 0 unspecified atom stereocenters. The molecular formula is C14H13NO3. The zero-order valence-electron chi connectivity index (χ0n) is 9.96. The van der Waals surface area contributed by atoms with Crippen LogP contribution in [0.25, 0.3) is 10.8 Å². The van der Waals surface area contributed by atoms with E-state index in [-0.39, 0.29) is 6.54 Å². The normalized spacial score (nSPS) is 10.3. The topological polar surface area (TPSA) is 57.6 Å². The Morgan fingerprint density at radius 1 is 1.28 bits per heavy atom. The average molecular weight is 243 g/mol. The number of hydrogen-bond donors (Lipinski definition) is 1. The SMILES string of the molecule is Cc1ccc2ccccc2c1N(C=O)CC(=O)O. The Hall–Kier alpha value is -2.36. The Balaban J connectivity index is 2.63. The van der Waals surface area contributed by atoms with Gasteiger partial charge in [-0.3, -0.25) is 9.59 Å². The van der Waals surface area contributed by atoms with Gasteiger partial charge in [0.2, 0.25) is 6.41 Å². The minimum absolute atomic E-state index is 0.335. The van der Waals surface area contributed by atoms with Crippen LogP contribution in [0.4, 0.5) is 5.69 Å². The maximum atomic E-state index is 11.1. The lowest BCUT2D eigenvalue weighted by atomic mass is 10.0. The number of hydrogen-bond acceptors (Lipinski definition) is 2. The fourth-order valence-corrected chi connectivity index (χ4v) is 2.06. The molecule has 92 valence electrons. The van der Waals surface area contributed by atoms with Gasteiger partial charge in [0.25, 0.3) is 0 Å². The van der Waals surface area contributed by atoms with Gasteiger partial charge in [0.05, 0.1) is 5.69 Å². The highest BCUT2D eigenvalue weighted by Crippen LogP contribution is 2.29. The van der Waals surface area contributed by atoms with Gasteiger partial charge in [0, 0.05) is 5.39 Å². The van der Waals surface area contributed by atoms with Gasteiger partial charge in [-0.15, -0.1) is 0 Å². The number of carbonyl (C=O) groups excluding carboxylic acids is 1. The molecule has 0 heterocycles. The molecule has 0 fully saturated rings. The molecule has 0 aliphatic carbocycles. The van der Waals surface area contributed by atoms with Crippen molar-refractivity contribution >= 4 is 28.8 Å². The summed E-state index contributed by atoms with van der Waals surface area (Å²) in [7, 11) is 0. The third-order valence-electron chi connectivity index (χ3n) is 2.82. The summed E-state index contributed by atoms with van der Waals surface area (Å²) in [5, 5.41) is 10.7. The molecule has 4 nitrogen and oxygen atoms in total. The van der Waals surface area contributed by atoms with E-state index >= 15 is 0 Å². The van der Waals surface area contributed by atoms with Crippen molar-refractivity contribution in [3.63, 3.8) is 0 Å². The minimum Gasteiger partial charge on any atom is -0.480 e. The molecule has 1 amide bonds. The molecule has 0 atom stereocenters. The zero-order valence-corrected chi connectivity index (χ0v) is 9.96. The molecule has 0 aromatic heterocycles. The highest BCUT2D eigenvalue weighted by molar-refractivity contribution is 6.01. The Morgan fingerprint density at radius 2 is 2.00 bits per heavy atom. The fourth-order valence-electron chi connectivity index (χ4n) is 2.06. The summed E-state index contributed by atoms with van der Waals surface area (Å²) in [6, 6.07) is 11.4. The third kappa shape index (κ3) is 2.18. The molecule has 18 heavy (non-hydrogen) atoms. The van der Waals surface area contributed by atoms with Crippen molar-refractivity contribution in [2.75, 3.05) is 11.4 Å². The number of anilines is 1. The minimum atomic E-state index is -1.03. The number of fused-ring (bicyclic) bond motifs is 1. The Morgan fingerprint density at radius 3 is 2.67 bits per heavy atom. The molecule has 0 aliphatic heterocycles. The predicted octanol–water partition coefficient (Wildman–Crippen LogP) is 2.20. The van der Waals surface area contributed by atoms with Crippen molar-refractivity contribution in [2.45, 2.75) is 6.92 Å². The van der Waals surface area contributed by atoms with E-state index in [4.69, 9.17) is 5.11 Å². The summed E-state index contributed by atoms with van der Waals surface area (Å²) in [4.78, 5) is 23.1. The van der Waals surface area contributed by atoms with Crippen molar-refractivity contribution in [2.24, 2.45) is 0 Å². The number of amides is 1. The summed E-state index contributed by atoms with van der Waals surface area (Å²) in [5.41, 5.74) is 1.53. The lowest BCUT2D eigenvalue weighted by Crippen LogP contribution is -2.28. The van der Waals surface area contributed by atoms with Gasteiger partial charge in [-0.25, -0.2) is 0 Å². The van der Waals surface area contributed by atoms with E-state index in [1.807, 2.05) is 43.3 Å². The van der Waals surface area contributed by atoms with Crippen molar-refractivity contribution in [3.05, 3.63) is 42.0 Å². The molecule has 4 heteroatoms. The molecule has 0 saturated heterocycles. The number of carbonyl (C=O) groups is 2. The van der Waals surface area contributed by atoms with Gasteiger partial charge < -0.3 is 10.0 Å². The van der Waals surface area contributed by atoms with E-state index in [1.54, 1.807) is 0 Å². The number of aryl methyl sites for hydroxylation is 1. The largest absolute Gasteiger partial charge is 0.480 e. The first-order chi connectivity index (χ1) is 8.63. The Bertz CT molecular complexity index is 607. The lowest BCUT2D eigenvalue weighted by Gasteiger charge is -2.19. The van der Waals surface area contributed by atoms with Gasteiger partial charge in [0.15, 0.2) is 0 Å². The molecule has 0 aliphatic rings.